The van der Waals surface area contributed by atoms with Gasteiger partial charge in [-0.05, 0) is 35.4 Å². The smallest absolute Gasteiger partial charge is 0.234 e. The van der Waals surface area contributed by atoms with Gasteiger partial charge in [0.1, 0.15) is 5.75 Å². The molecule has 8 nitrogen and oxygen atoms in total. The Labute approximate surface area is 206 Å². The number of methoxy groups -OCH3 is 3. The predicted molar refractivity (Wildman–Crippen MR) is 131 cm³/mol. The molecule has 1 N–H and O–H groups in total. The van der Waals surface area contributed by atoms with Gasteiger partial charge in [0.2, 0.25) is 5.91 Å². The lowest BCUT2D eigenvalue weighted by atomic mass is 10.1. The molecule has 1 heterocycles. The van der Waals surface area contributed by atoms with E-state index >= 15 is 0 Å². The van der Waals surface area contributed by atoms with Gasteiger partial charge in [-0.15, -0.1) is 12.4 Å². The van der Waals surface area contributed by atoms with Gasteiger partial charge in [-0.3, -0.25) is 19.4 Å². The third kappa shape index (κ3) is 5.81. The number of hydrogen-bond donors (Lipinski definition) is 1. The number of fused-ring (bicyclic) bond motifs is 1. The summed E-state index contributed by atoms with van der Waals surface area (Å²) in [5.74, 6) is 1.86. The fraction of sp³-hybridized carbons (Fsp3) is 0.440. The topological polar surface area (TPSA) is 80.3 Å². The maximum Gasteiger partial charge on any atom is 0.234 e. The van der Waals surface area contributed by atoms with E-state index in [-0.39, 0.29) is 36.6 Å². The highest BCUT2D eigenvalue weighted by molar-refractivity contribution is 6.02. The van der Waals surface area contributed by atoms with Gasteiger partial charge >= 0.3 is 0 Å². The summed E-state index contributed by atoms with van der Waals surface area (Å²) in [6.45, 7) is 4.67. The van der Waals surface area contributed by atoms with Crippen LogP contribution >= 0.6 is 12.4 Å². The maximum atomic E-state index is 12.7. The number of piperazine rings is 1. The molecule has 1 fully saturated rings. The van der Waals surface area contributed by atoms with Crippen molar-refractivity contribution in [2.45, 2.75) is 19.0 Å². The third-order valence-corrected chi connectivity index (χ3v) is 6.35. The number of carbonyl (C=O) groups excluding carboxylic acids is 2. The summed E-state index contributed by atoms with van der Waals surface area (Å²) in [5.41, 5.74) is 2.62. The van der Waals surface area contributed by atoms with Crippen molar-refractivity contribution in [3.05, 3.63) is 53.1 Å². The van der Waals surface area contributed by atoms with Crippen molar-refractivity contribution in [3.8, 4) is 17.2 Å². The van der Waals surface area contributed by atoms with Crippen LogP contribution in [0.1, 0.15) is 33.9 Å². The van der Waals surface area contributed by atoms with Crippen LogP contribution < -0.4 is 19.5 Å². The molecule has 9 heteroatoms. The molecular weight excluding hydrogens is 458 g/mol. The molecule has 184 valence electrons. The van der Waals surface area contributed by atoms with E-state index in [2.05, 4.69) is 27.2 Å². The molecule has 0 radical (unpaired) electrons. The van der Waals surface area contributed by atoms with Crippen molar-refractivity contribution in [2.75, 3.05) is 54.1 Å². The van der Waals surface area contributed by atoms with Crippen molar-refractivity contribution in [3.63, 3.8) is 0 Å². The van der Waals surface area contributed by atoms with E-state index < -0.39 is 0 Å². The van der Waals surface area contributed by atoms with E-state index in [1.807, 2.05) is 12.1 Å². The van der Waals surface area contributed by atoms with Crippen LogP contribution in [0.2, 0.25) is 0 Å². The lowest BCUT2D eigenvalue weighted by molar-refractivity contribution is -0.123. The number of Topliss-reactive ketones (excluding diaryl/α,β-unsaturated/α-hetero) is 1. The molecule has 1 amide bonds. The van der Waals surface area contributed by atoms with Gasteiger partial charge in [0.05, 0.1) is 33.9 Å². The largest absolute Gasteiger partial charge is 0.497 e. The lowest BCUT2D eigenvalue weighted by Gasteiger charge is -2.34. The Kier molecular flexibility index (Phi) is 8.77. The molecule has 34 heavy (non-hydrogen) atoms. The summed E-state index contributed by atoms with van der Waals surface area (Å²) >= 11 is 0. The summed E-state index contributed by atoms with van der Waals surface area (Å²) in [5, 5.41) is 3.04. The number of rotatable bonds is 8. The summed E-state index contributed by atoms with van der Waals surface area (Å²) in [6.07, 6.45) is 0.257. The van der Waals surface area contributed by atoms with Crippen LogP contribution in [-0.2, 0) is 11.3 Å². The number of hydrogen-bond acceptors (Lipinski definition) is 7. The molecule has 4 rings (SSSR count). The molecule has 1 aliphatic heterocycles. The first-order valence-electron chi connectivity index (χ1n) is 11.2. The van der Waals surface area contributed by atoms with E-state index in [1.165, 1.54) is 5.56 Å². The highest BCUT2D eigenvalue weighted by Gasteiger charge is 2.32. The van der Waals surface area contributed by atoms with Gasteiger partial charge in [0.25, 0.3) is 0 Å². The van der Waals surface area contributed by atoms with Crippen LogP contribution in [-0.4, -0.2) is 75.5 Å². The number of benzene rings is 2. The predicted octanol–water partition coefficient (Wildman–Crippen LogP) is 2.70. The molecule has 2 aliphatic rings. The Bertz CT molecular complexity index is 1010. The minimum absolute atomic E-state index is 0. The molecular formula is C25H32ClN3O5. The Morgan fingerprint density at radius 3 is 2.18 bits per heavy atom. The minimum atomic E-state index is -0.337. The third-order valence-electron chi connectivity index (χ3n) is 6.35. The maximum absolute atomic E-state index is 12.7. The van der Waals surface area contributed by atoms with Crippen molar-refractivity contribution >= 4 is 24.1 Å². The lowest BCUT2D eigenvalue weighted by Crippen LogP contribution is -2.49. The Morgan fingerprint density at radius 1 is 0.941 bits per heavy atom. The second-order valence-electron chi connectivity index (χ2n) is 8.44. The summed E-state index contributed by atoms with van der Waals surface area (Å²) in [7, 11) is 4.77. The van der Waals surface area contributed by atoms with E-state index in [1.54, 1.807) is 33.5 Å². The van der Waals surface area contributed by atoms with Crippen LogP contribution in [0.15, 0.2) is 36.4 Å². The van der Waals surface area contributed by atoms with E-state index in [9.17, 15) is 9.59 Å². The van der Waals surface area contributed by atoms with E-state index in [0.29, 0.717) is 23.6 Å². The second-order valence-corrected chi connectivity index (χ2v) is 8.44. The Hall–Kier alpha value is -2.81. The van der Waals surface area contributed by atoms with Gasteiger partial charge in [-0.25, -0.2) is 0 Å². The fourth-order valence-corrected chi connectivity index (χ4v) is 4.50. The molecule has 2 aromatic carbocycles. The van der Waals surface area contributed by atoms with Gasteiger partial charge in [-0.1, -0.05) is 12.1 Å². The zero-order valence-electron chi connectivity index (χ0n) is 19.8. The monoisotopic (exact) mass is 489 g/mol. The SMILES string of the molecule is COc1ccc(CN2CCN(CC(=O)NC3CC(=O)c4cc(OC)c(OC)cc43)CC2)cc1.Cl. The zero-order valence-corrected chi connectivity index (χ0v) is 20.7. The standard InChI is InChI=1S/C25H31N3O5.ClH/c1-31-18-6-4-17(5-7-18)15-27-8-10-28(11-9-27)16-25(30)26-21-14-22(29)20-13-24(33-3)23(32-2)12-19(20)21;/h4-7,12-13,21H,8-11,14-16H2,1-3H3,(H,26,30);1H. The molecule has 1 aliphatic carbocycles. The molecule has 0 saturated carbocycles. The zero-order chi connectivity index (χ0) is 23.4. The van der Waals surface area contributed by atoms with Crippen molar-refractivity contribution in [1.82, 2.24) is 15.1 Å². The minimum Gasteiger partial charge on any atom is -0.497 e. The number of ether oxygens (including phenoxy) is 3. The van der Waals surface area contributed by atoms with Gasteiger partial charge in [0.15, 0.2) is 17.3 Å². The average Bonchev–Trinajstić information content (AvgIpc) is 3.13. The summed E-state index contributed by atoms with van der Waals surface area (Å²) < 4.78 is 15.9. The molecule has 2 aromatic rings. The normalized spacial score (nSPS) is 18.1. The quantitative estimate of drug-likeness (QED) is 0.610. The van der Waals surface area contributed by atoms with Crippen molar-refractivity contribution < 1.29 is 23.8 Å². The van der Waals surface area contributed by atoms with Crippen LogP contribution in [0.5, 0.6) is 17.2 Å². The first-order valence-corrected chi connectivity index (χ1v) is 11.2. The van der Waals surface area contributed by atoms with Crippen LogP contribution in [0.3, 0.4) is 0 Å². The van der Waals surface area contributed by atoms with E-state index in [4.69, 9.17) is 14.2 Å². The molecule has 0 aromatic heterocycles. The molecule has 0 spiro atoms. The Morgan fingerprint density at radius 2 is 1.56 bits per heavy atom. The summed E-state index contributed by atoms with van der Waals surface area (Å²) in [4.78, 5) is 29.8. The van der Waals surface area contributed by atoms with Crippen LogP contribution in [0.4, 0.5) is 0 Å². The Balaban J connectivity index is 0.00000324. The van der Waals surface area contributed by atoms with Crippen LogP contribution in [0.25, 0.3) is 0 Å². The highest BCUT2D eigenvalue weighted by Crippen LogP contribution is 2.39. The average molecular weight is 490 g/mol. The molecule has 1 unspecified atom stereocenters. The fourth-order valence-electron chi connectivity index (χ4n) is 4.50. The van der Waals surface area contributed by atoms with Gasteiger partial charge in [-0.2, -0.15) is 0 Å². The number of ketones is 1. The van der Waals surface area contributed by atoms with Crippen molar-refractivity contribution in [2.24, 2.45) is 0 Å². The second kappa shape index (κ2) is 11.6. The first kappa shape index (κ1) is 25.8. The molecule has 1 atom stereocenters. The number of nitrogens with one attached hydrogen (secondary N) is 1. The van der Waals surface area contributed by atoms with Gasteiger partial charge < -0.3 is 19.5 Å². The van der Waals surface area contributed by atoms with E-state index in [0.717, 1.165) is 44.0 Å². The first-order chi connectivity index (χ1) is 16.0. The number of carbonyl (C=O) groups is 2. The van der Waals surface area contributed by atoms with Crippen LogP contribution in [0, 0.1) is 0 Å². The molecule has 0 bridgehead atoms. The van der Waals surface area contributed by atoms with Crippen molar-refractivity contribution in [1.29, 1.82) is 0 Å². The number of halogens is 1. The highest BCUT2D eigenvalue weighted by atomic mass is 35.5. The van der Waals surface area contributed by atoms with Gasteiger partial charge in [0, 0.05) is 44.7 Å². The summed E-state index contributed by atoms with van der Waals surface area (Å²) in [6, 6.07) is 11.3. The number of nitrogens with zero attached hydrogens (tertiary/aromatic N) is 2. The number of amides is 1. The molecule has 1 saturated heterocycles.